The fourth-order valence-corrected chi connectivity index (χ4v) is 2.59. The maximum absolute atomic E-state index is 12.4. The number of benzene rings is 2. The van der Waals surface area contributed by atoms with Crippen LogP contribution in [0.4, 0.5) is 17.1 Å². The Kier molecular flexibility index (Phi) is 5.87. The second-order valence-electron chi connectivity index (χ2n) is 6.83. The zero-order valence-electron chi connectivity index (χ0n) is 15.7. The highest BCUT2D eigenvalue weighted by molar-refractivity contribution is 6.02. The summed E-state index contributed by atoms with van der Waals surface area (Å²) in [5.74, 6) is -0.932. The van der Waals surface area contributed by atoms with E-state index in [1.807, 2.05) is 0 Å². The van der Waals surface area contributed by atoms with Crippen LogP contribution >= 0.6 is 0 Å². The van der Waals surface area contributed by atoms with Gasteiger partial charge in [0.25, 0.3) is 11.6 Å². The summed E-state index contributed by atoms with van der Waals surface area (Å²) >= 11 is 0. The van der Waals surface area contributed by atoms with Gasteiger partial charge in [0.15, 0.2) is 0 Å². The standard InChI is InChI=1S/C20H20N4O5/c1-12(18(25)22-15-7-9-17(10-8-15)24(28)29)21-20(27)14-3-2-4-16(11-14)23-19(26)13-5-6-13/h2-4,7-13H,5-6H2,1H3,(H,21,27)(H,22,25)(H,23,26)/t12-/m1/s1. The molecular weight excluding hydrogens is 376 g/mol. The molecule has 1 aliphatic carbocycles. The minimum atomic E-state index is -0.845. The molecule has 0 aliphatic heterocycles. The van der Waals surface area contributed by atoms with Crippen molar-refractivity contribution in [1.82, 2.24) is 5.32 Å². The van der Waals surface area contributed by atoms with E-state index in [2.05, 4.69) is 16.0 Å². The minimum Gasteiger partial charge on any atom is -0.341 e. The second kappa shape index (κ2) is 8.51. The molecule has 1 aliphatic rings. The molecule has 3 amide bonds. The van der Waals surface area contributed by atoms with Gasteiger partial charge >= 0.3 is 0 Å². The molecule has 0 heterocycles. The number of nitro groups is 1. The van der Waals surface area contributed by atoms with Gasteiger partial charge in [-0.15, -0.1) is 0 Å². The quantitative estimate of drug-likeness (QED) is 0.489. The van der Waals surface area contributed by atoms with Gasteiger partial charge in [-0.3, -0.25) is 24.5 Å². The van der Waals surface area contributed by atoms with Crippen molar-refractivity contribution in [2.45, 2.75) is 25.8 Å². The number of nitrogens with one attached hydrogen (secondary N) is 3. The van der Waals surface area contributed by atoms with E-state index in [1.165, 1.54) is 31.2 Å². The van der Waals surface area contributed by atoms with Gasteiger partial charge in [-0.05, 0) is 50.1 Å². The number of hydrogen-bond acceptors (Lipinski definition) is 5. The molecule has 1 fully saturated rings. The number of amides is 3. The normalized spacial score (nSPS) is 13.8. The van der Waals surface area contributed by atoms with E-state index >= 15 is 0 Å². The average molecular weight is 396 g/mol. The number of anilines is 2. The zero-order valence-corrected chi connectivity index (χ0v) is 15.7. The minimum absolute atomic E-state index is 0.0515. The van der Waals surface area contributed by atoms with Crippen molar-refractivity contribution in [3.05, 3.63) is 64.2 Å². The topological polar surface area (TPSA) is 130 Å². The monoisotopic (exact) mass is 396 g/mol. The number of nitrogens with zero attached hydrogens (tertiary/aromatic N) is 1. The summed E-state index contributed by atoms with van der Waals surface area (Å²) in [6.45, 7) is 1.53. The Morgan fingerprint density at radius 3 is 2.34 bits per heavy atom. The fraction of sp³-hybridized carbons (Fsp3) is 0.250. The summed E-state index contributed by atoms with van der Waals surface area (Å²) in [5.41, 5.74) is 1.13. The van der Waals surface area contributed by atoms with Gasteiger partial charge in [0.1, 0.15) is 6.04 Å². The van der Waals surface area contributed by atoms with Crippen LogP contribution < -0.4 is 16.0 Å². The maximum atomic E-state index is 12.4. The molecule has 0 aromatic heterocycles. The molecular formula is C20H20N4O5. The van der Waals surface area contributed by atoms with Gasteiger partial charge in [-0.25, -0.2) is 0 Å². The number of carbonyl (C=O) groups excluding carboxylic acids is 3. The highest BCUT2D eigenvalue weighted by Crippen LogP contribution is 2.30. The SMILES string of the molecule is C[C@@H](NC(=O)c1cccc(NC(=O)C2CC2)c1)C(=O)Nc1ccc([N+](=O)[O-])cc1. The number of non-ortho nitro benzene ring substituents is 1. The predicted molar refractivity (Wildman–Crippen MR) is 106 cm³/mol. The van der Waals surface area contributed by atoms with Gasteiger partial charge in [-0.1, -0.05) is 6.07 Å². The van der Waals surface area contributed by atoms with Crippen LogP contribution in [0.3, 0.4) is 0 Å². The lowest BCUT2D eigenvalue weighted by molar-refractivity contribution is -0.384. The Morgan fingerprint density at radius 2 is 1.72 bits per heavy atom. The molecule has 1 atom stereocenters. The largest absolute Gasteiger partial charge is 0.341 e. The van der Waals surface area contributed by atoms with E-state index < -0.39 is 22.8 Å². The molecule has 0 unspecified atom stereocenters. The Labute approximate surface area is 166 Å². The first kappa shape index (κ1) is 20.0. The van der Waals surface area contributed by atoms with Crippen LogP contribution in [0.15, 0.2) is 48.5 Å². The third-order valence-electron chi connectivity index (χ3n) is 4.43. The van der Waals surface area contributed by atoms with Crippen molar-refractivity contribution < 1.29 is 19.3 Å². The molecule has 9 heteroatoms. The van der Waals surface area contributed by atoms with Crippen molar-refractivity contribution in [3.8, 4) is 0 Å². The fourth-order valence-electron chi connectivity index (χ4n) is 2.59. The summed E-state index contributed by atoms with van der Waals surface area (Å²) in [7, 11) is 0. The van der Waals surface area contributed by atoms with Crippen LogP contribution in [0.25, 0.3) is 0 Å². The summed E-state index contributed by atoms with van der Waals surface area (Å²) in [6.07, 6.45) is 1.76. The summed E-state index contributed by atoms with van der Waals surface area (Å²) in [6, 6.07) is 11.0. The maximum Gasteiger partial charge on any atom is 0.269 e. The molecule has 0 spiro atoms. The molecule has 0 radical (unpaired) electrons. The van der Waals surface area contributed by atoms with E-state index in [1.54, 1.807) is 24.3 Å². The lowest BCUT2D eigenvalue weighted by atomic mass is 10.1. The van der Waals surface area contributed by atoms with E-state index in [0.29, 0.717) is 16.9 Å². The second-order valence-corrected chi connectivity index (χ2v) is 6.83. The first-order valence-electron chi connectivity index (χ1n) is 9.10. The van der Waals surface area contributed by atoms with E-state index in [-0.39, 0.29) is 17.5 Å². The molecule has 9 nitrogen and oxygen atoms in total. The number of carbonyl (C=O) groups is 3. The first-order chi connectivity index (χ1) is 13.8. The number of hydrogen-bond donors (Lipinski definition) is 3. The molecule has 0 bridgehead atoms. The van der Waals surface area contributed by atoms with Crippen LogP contribution in [-0.2, 0) is 9.59 Å². The van der Waals surface area contributed by atoms with Crippen molar-refractivity contribution in [3.63, 3.8) is 0 Å². The summed E-state index contributed by atoms with van der Waals surface area (Å²) in [5, 5.41) is 18.6. The van der Waals surface area contributed by atoms with Crippen molar-refractivity contribution in [2.75, 3.05) is 10.6 Å². The average Bonchev–Trinajstić information content (AvgIpc) is 3.54. The zero-order chi connectivity index (χ0) is 21.0. The first-order valence-corrected chi connectivity index (χ1v) is 9.10. The summed E-state index contributed by atoms with van der Waals surface area (Å²) < 4.78 is 0. The van der Waals surface area contributed by atoms with E-state index in [4.69, 9.17) is 0 Å². The molecule has 2 aromatic rings. The Morgan fingerprint density at radius 1 is 1.03 bits per heavy atom. The third-order valence-corrected chi connectivity index (χ3v) is 4.43. The van der Waals surface area contributed by atoms with Gasteiger partial charge in [-0.2, -0.15) is 0 Å². The molecule has 3 rings (SSSR count). The van der Waals surface area contributed by atoms with Gasteiger partial charge in [0.05, 0.1) is 4.92 Å². The molecule has 0 saturated heterocycles. The number of rotatable bonds is 7. The van der Waals surface area contributed by atoms with Crippen LogP contribution in [0, 0.1) is 16.0 Å². The van der Waals surface area contributed by atoms with E-state index in [0.717, 1.165) is 12.8 Å². The van der Waals surface area contributed by atoms with Crippen LogP contribution in [-0.4, -0.2) is 28.7 Å². The number of nitro benzene ring substituents is 1. The lowest BCUT2D eigenvalue weighted by Gasteiger charge is -2.14. The van der Waals surface area contributed by atoms with Crippen LogP contribution in [0.1, 0.15) is 30.1 Å². The molecule has 2 aromatic carbocycles. The van der Waals surface area contributed by atoms with Gasteiger partial charge < -0.3 is 16.0 Å². The van der Waals surface area contributed by atoms with Crippen molar-refractivity contribution in [2.24, 2.45) is 5.92 Å². The Bertz CT molecular complexity index is 954. The van der Waals surface area contributed by atoms with Gasteiger partial charge in [0, 0.05) is 35.0 Å². The molecule has 150 valence electrons. The Balaban J connectivity index is 1.57. The molecule has 29 heavy (non-hydrogen) atoms. The smallest absolute Gasteiger partial charge is 0.269 e. The third kappa shape index (κ3) is 5.38. The van der Waals surface area contributed by atoms with E-state index in [9.17, 15) is 24.5 Å². The lowest BCUT2D eigenvalue weighted by Crippen LogP contribution is -2.41. The van der Waals surface area contributed by atoms with Crippen LogP contribution in [0.2, 0.25) is 0 Å². The predicted octanol–water partition coefficient (Wildman–Crippen LogP) is 2.70. The van der Waals surface area contributed by atoms with Crippen molar-refractivity contribution >= 4 is 34.8 Å². The van der Waals surface area contributed by atoms with Crippen molar-refractivity contribution in [1.29, 1.82) is 0 Å². The molecule has 3 N–H and O–H groups in total. The molecule has 1 saturated carbocycles. The highest BCUT2D eigenvalue weighted by Gasteiger charge is 2.29. The van der Waals surface area contributed by atoms with Crippen LogP contribution in [0.5, 0.6) is 0 Å². The van der Waals surface area contributed by atoms with Gasteiger partial charge in [0.2, 0.25) is 11.8 Å². The Hall–Kier alpha value is -3.75. The highest BCUT2D eigenvalue weighted by atomic mass is 16.6. The summed E-state index contributed by atoms with van der Waals surface area (Å²) in [4.78, 5) is 46.7.